The first kappa shape index (κ1) is 23.4. The predicted molar refractivity (Wildman–Crippen MR) is 122 cm³/mol. The van der Waals surface area contributed by atoms with E-state index in [1.165, 1.54) is 12.1 Å². The van der Waals surface area contributed by atoms with Crippen LogP contribution in [-0.4, -0.2) is 41.1 Å². The van der Waals surface area contributed by atoms with Gasteiger partial charge in [0.25, 0.3) is 11.5 Å². The van der Waals surface area contributed by atoms with Gasteiger partial charge in [0.15, 0.2) is 5.78 Å². The van der Waals surface area contributed by atoms with Gasteiger partial charge >= 0.3 is 0 Å². The first-order chi connectivity index (χ1) is 16.4. The van der Waals surface area contributed by atoms with Crippen LogP contribution in [0, 0.1) is 17.6 Å². The van der Waals surface area contributed by atoms with Gasteiger partial charge in [0.1, 0.15) is 11.6 Å². The van der Waals surface area contributed by atoms with Crippen LogP contribution in [0.5, 0.6) is 0 Å². The molecule has 7 nitrogen and oxygen atoms in total. The molecule has 1 amide bonds. The molecular weight excluding hydrogens is 442 g/mol. The number of piperidine rings is 1. The van der Waals surface area contributed by atoms with Crippen molar-refractivity contribution in [3.05, 3.63) is 87.7 Å². The number of nitrogens with one attached hydrogen (secondary N) is 2. The molecule has 0 bridgehead atoms. The van der Waals surface area contributed by atoms with Crippen molar-refractivity contribution >= 4 is 11.7 Å². The Kier molecular flexibility index (Phi) is 7.22. The lowest BCUT2D eigenvalue weighted by atomic mass is 9.93. The highest BCUT2D eigenvalue weighted by molar-refractivity contribution is 5.97. The first-order valence-corrected chi connectivity index (χ1v) is 11.0. The molecule has 1 saturated heterocycles. The Morgan fingerprint density at radius 1 is 1.03 bits per heavy atom. The number of hydrogen-bond donors (Lipinski definition) is 2. The third-order valence-corrected chi connectivity index (χ3v) is 5.76. The number of nitrogens with zero attached hydrogens (tertiary/aromatic N) is 2. The SMILES string of the molecule is O=C(NCC(=O)C1CCNCC1)c1cccc(Cn2nc(-c3cc(F)cc(F)c3)ccc2=O)c1. The van der Waals surface area contributed by atoms with Crippen LogP contribution in [0.2, 0.25) is 0 Å². The lowest BCUT2D eigenvalue weighted by molar-refractivity contribution is -0.122. The monoisotopic (exact) mass is 466 g/mol. The van der Waals surface area contributed by atoms with E-state index in [0.717, 1.165) is 48.8 Å². The fourth-order valence-electron chi connectivity index (χ4n) is 3.96. The minimum Gasteiger partial charge on any atom is -0.345 e. The van der Waals surface area contributed by atoms with Crippen LogP contribution >= 0.6 is 0 Å². The number of halogens is 2. The Balaban J connectivity index is 1.46. The third kappa shape index (κ3) is 5.79. The van der Waals surface area contributed by atoms with E-state index < -0.39 is 17.2 Å². The molecular formula is C25H24F2N4O3. The maximum atomic E-state index is 13.6. The third-order valence-electron chi connectivity index (χ3n) is 5.76. The number of aromatic nitrogens is 2. The Morgan fingerprint density at radius 2 is 1.76 bits per heavy atom. The van der Waals surface area contributed by atoms with Crippen molar-refractivity contribution in [3.63, 3.8) is 0 Å². The molecule has 0 saturated carbocycles. The van der Waals surface area contributed by atoms with E-state index in [9.17, 15) is 23.2 Å². The maximum Gasteiger partial charge on any atom is 0.267 e. The van der Waals surface area contributed by atoms with Gasteiger partial charge in [0.05, 0.1) is 18.8 Å². The first-order valence-electron chi connectivity index (χ1n) is 11.0. The molecule has 2 aromatic carbocycles. The summed E-state index contributed by atoms with van der Waals surface area (Å²) in [5.41, 5.74) is 1.03. The summed E-state index contributed by atoms with van der Waals surface area (Å²) in [7, 11) is 0. The summed E-state index contributed by atoms with van der Waals surface area (Å²) >= 11 is 0. The van der Waals surface area contributed by atoms with Crippen LogP contribution in [-0.2, 0) is 11.3 Å². The molecule has 9 heteroatoms. The molecule has 2 heterocycles. The smallest absolute Gasteiger partial charge is 0.267 e. The molecule has 0 aliphatic carbocycles. The molecule has 176 valence electrons. The van der Waals surface area contributed by atoms with E-state index in [-0.39, 0.29) is 42.0 Å². The highest BCUT2D eigenvalue weighted by Crippen LogP contribution is 2.19. The lowest BCUT2D eigenvalue weighted by Crippen LogP contribution is -2.38. The number of carbonyl (C=O) groups excluding carboxylic acids is 2. The molecule has 34 heavy (non-hydrogen) atoms. The Bertz CT molecular complexity index is 1250. The average molecular weight is 466 g/mol. The van der Waals surface area contributed by atoms with Gasteiger partial charge in [0, 0.05) is 29.2 Å². The van der Waals surface area contributed by atoms with Crippen LogP contribution in [0.3, 0.4) is 0 Å². The highest BCUT2D eigenvalue weighted by Gasteiger charge is 2.21. The van der Waals surface area contributed by atoms with Crippen molar-refractivity contribution in [2.75, 3.05) is 19.6 Å². The molecule has 0 spiro atoms. The minimum atomic E-state index is -0.744. The fourth-order valence-corrected chi connectivity index (χ4v) is 3.96. The van der Waals surface area contributed by atoms with E-state index in [0.29, 0.717) is 11.1 Å². The highest BCUT2D eigenvalue weighted by atomic mass is 19.1. The zero-order valence-electron chi connectivity index (χ0n) is 18.4. The van der Waals surface area contributed by atoms with Crippen LogP contribution in [0.4, 0.5) is 8.78 Å². The topological polar surface area (TPSA) is 93.1 Å². The Morgan fingerprint density at radius 3 is 2.50 bits per heavy atom. The lowest BCUT2D eigenvalue weighted by Gasteiger charge is -2.21. The van der Waals surface area contributed by atoms with Crippen molar-refractivity contribution in [2.45, 2.75) is 19.4 Å². The van der Waals surface area contributed by atoms with Crippen LogP contribution < -0.4 is 16.2 Å². The summed E-state index contributed by atoms with van der Waals surface area (Å²) in [6.45, 7) is 1.63. The van der Waals surface area contributed by atoms with Gasteiger partial charge < -0.3 is 10.6 Å². The standard InChI is InChI=1S/C25H24F2N4O3/c26-20-11-19(12-21(27)13-20)22-4-5-24(33)31(30-22)15-16-2-1-3-18(10-16)25(34)29-14-23(32)17-6-8-28-9-7-17/h1-5,10-13,17,28H,6-9,14-15H2,(H,29,34). The van der Waals surface area contributed by atoms with E-state index in [1.807, 2.05) is 0 Å². The maximum absolute atomic E-state index is 13.6. The van der Waals surface area contributed by atoms with Crippen LogP contribution in [0.1, 0.15) is 28.8 Å². The Labute approximate surface area is 194 Å². The quantitative estimate of drug-likeness (QED) is 0.558. The van der Waals surface area contributed by atoms with Gasteiger partial charge in [-0.25, -0.2) is 13.5 Å². The zero-order valence-corrected chi connectivity index (χ0v) is 18.4. The summed E-state index contributed by atoms with van der Waals surface area (Å²) < 4.78 is 28.3. The number of rotatable bonds is 7. The second kappa shape index (κ2) is 10.5. The second-order valence-electron chi connectivity index (χ2n) is 8.25. The minimum absolute atomic E-state index is 0.0207. The molecule has 1 fully saturated rings. The van der Waals surface area contributed by atoms with Gasteiger partial charge in [-0.1, -0.05) is 12.1 Å². The summed E-state index contributed by atoms with van der Waals surface area (Å²) in [5.74, 6) is -1.88. The van der Waals surface area contributed by atoms with Gasteiger partial charge in [-0.15, -0.1) is 0 Å². The molecule has 3 aromatic rings. The normalized spacial score (nSPS) is 14.1. The number of Topliss-reactive ketones (excluding diaryl/α,β-unsaturated/α-hetero) is 1. The summed E-state index contributed by atoms with van der Waals surface area (Å²) in [6, 6.07) is 12.4. The van der Waals surface area contributed by atoms with Crippen molar-refractivity contribution in [3.8, 4) is 11.3 Å². The van der Waals surface area contributed by atoms with Gasteiger partial charge in [-0.3, -0.25) is 14.4 Å². The largest absolute Gasteiger partial charge is 0.345 e. The number of ketones is 1. The zero-order chi connectivity index (χ0) is 24.1. The molecule has 1 aliphatic heterocycles. The molecule has 0 unspecified atom stereocenters. The number of carbonyl (C=O) groups is 2. The van der Waals surface area contributed by atoms with Gasteiger partial charge in [0.2, 0.25) is 0 Å². The fraction of sp³-hybridized carbons (Fsp3) is 0.280. The summed E-state index contributed by atoms with van der Waals surface area (Å²) in [6.07, 6.45) is 1.54. The number of benzene rings is 2. The Hall–Kier alpha value is -3.72. The van der Waals surface area contributed by atoms with E-state index in [1.54, 1.807) is 24.3 Å². The van der Waals surface area contributed by atoms with Crippen molar-refractivity contribution in [1.82, 2.24) is 20.4 Å². The number of hydrogen-bond acceptors (Lipinski definition) is 5. The summed E-state index contributed by atoms with van der Waals surface area (Å²) in [4.78, 5) is 37.2. The van der Waals surface area contributed by atoms with Crippen molar-refractivity contribution < 1.29 is 18.4 Å². The van der Waals surface area contributed by atoms with Gasteiger partial charge in [-0.05, 0) is 61.8 Å². The molecule has 2 N–H and O–H groups in total. The van der Waals surface area contributed by atoms with E-state index in [2.05, 4.69) is 15.7 Å². The molecule has 1 aromatic heterocycles. The van der Waals surface area contributed by atoms with Crippen molar-refractivity contribution in [2.24, 2.45) is 5.92 Å². The molecule has 4 rings (SSSR count). The predicted octanol–water partition coefficient (Wildman–Crippen LogP) is 2.54. The average Bonchev–Trinajstić information content (AvgIpc) is 2.84. The molecule has 1 aliphatic rings. The summed E-state index contributed by atoms with van der Waals surface area (Å²) in [5, 5.41) is 10.1. The van der Waals surface area contributed by atoms with Crippen LogP contribution in [0.15, 0.2) is 59.4 Å². The second-order valence-corrected chi connectivity index (χ2v) is 8.25. The molecule has 0 atom stereocenters. The number of amides is 1. The van der Waals surface area contributed by atoms with Crippen molar-refractivity contribution in [1.29, 1.82) is 0 Å². The van der Waals surface area contributed by atoms with E-state index in [4.69, 9.17) is 0 Å². The van der Waals surface area contributed by atoms with E-state index >= 15 is 0 Å². The van der Waals surface area contributed by atoms with Gasteiger partial charge in [-0.2, -0.15) is 5.10 Å². The van der Waals surface area contributed by atoms with Crippen LogP contribution in [0.25, 0.3) is 11.3 Å². The molecule has 0 radical (unpaired) electrons.